The Morgan fingerprint density at radius 2 is 1.83 bits per heavy atom. The molecule has 1 aliphatic rings. The predicted molar refractivity (Wildman–Crippen MR) is 94.1 cm³/mol. The van der Waals surface area contributed by atoms with Crippen LogP contribution in [0.25, 0.3) is 0 Å². The predicted octanol–water partition coefficient (Wildman–Crippen LogP) is 3.24. The molecule has 1 aliphatic heterocycles. The Balaban J connectivity index is 1.86. The first kappa shape index (κ1) is 16.8. The molecule has 2 aromatic carbocycles. The molecule has 0 saturated carbocycles. The third-order valence-electron chi connectivity index (χ3n) is 4.00. The van der Waals surface area contributed by atoms with E-state index in [1.165, 1.54) is 0 Å². The minimum Gasteiger partial charge on any atom is -0.352 e. The highest BCUT2D eigenvalue weighted by atomic mass is 35.5. The van der Waals surface area contributed by atoms with E-state index in [0.717, 1.165) is 5.56 Å². The zero-order chi connectivity index (χ0) is 17.1. The number of hydrogen-bond donors (Lipinski definition) is 1. The summed E-state index contributed by atoms with van der Waals surface area (Å²) in [4.78, 5) is 26.7. The van der Waals surface area contributed by atoms with Crippen molar-refractivity contribution in [3.8, 4) is 0 Å². The van der Waals surface area contributed by atoms with Gasteiger partial charge in [-0.1, -0.05) is 53.5 Å². The first-order chi connectivity index (χ1) is 11.6. The summed E-state index contributed by atoms with van der Waals surface area (Å²) in [5, 5.41) is 3.90. The van der Waals surface area contributed by atoms with Gasteiger partial charge < -0.3 is 10.2 Å². The van der Waals surface area contributed by atoms with Crippen molar-refractivity contribution in [2.45, 2.75) is 12.5 Å². The van der Waals surface area contributed by atoms with Crippen LogP contribution in [0.2, 0.25) is 10.0 Å². The number of benzene rings is 2. The lowest BCUT2D eigenvalue weighted by Gasteiger charge is -2.35. The van der Waals surface area contributed by atoms with E-state index in [2.05, 4.69) is 5.32 Å². The topological polar surface area (TPSA) is 49.4 Å². The molecular weight excluding hydrogens is 347 g/mol. The Bertz CT molecular complexity index is 762. The fraction of sp³-hybridized carbons (Fsp3) is 0.222. The number of nitrogens with zero attached hydrogens (tertiary/aromatic N) is 1. The molecule has 0 aliphatic carbocycles. The SMILES string of the molecule is O=C1NCCN(C(=O)Cc2ccc(Cl)cc2)C1c1ccccc1Cl. The summed E-state index contributed by atoms with van der Waals surface area (Å²) < 4.78 is 0. The molecule has 1 heterocycles. The van der Waals surface area contributed by atoms with Crippen molar-refractivity contribution in [1.29, 1.82) is 0 Å². The van der Waals surface area contributed by atoms with E-state index in [1.54, 1.807) is 35.2 Å². The molecule has 1 fully saturated rings. The van der Waals surface area contributed by atoms with Gasteiger partial charge in [-0.05, 0) is 23.8 Å². The third kappa shape index (κ3) is 3.55. The van der Waals surface area contributed by atoms with Crippen LogP contribution >= 0.6 is 23.2 Å². The van der Waals surface area contributed by atoms with Crippen molar-refractivity contribution in [2.24, 2.45) is 0 Å². The fourth-order valence-corrected chi connectivity index (χ4v) is 3.19. The normalized spacial score (nSPS) is 17.5. The van der Waals surface area contributed by atoms with Gasteiger partial charge in [-0.3, -0.25) is 9.59 Å². The van der Waals surface area contributed by atoms with Crippen LogP contribution in [0.5, 0.6) is 0 Å². The highest BCUT2D eigenvalue weighted by Crippen LogP contribution is 2.29. The summed E-state index contributed by atoms with van der Waals surface area (Å²) in [5.74, 6) is -0.323. The van der Waals surface area contributed by atoms with Gasteiger partial charge in [0.25, 0.3) is 0 Å². The molecule has 0 spiro atoms. The number of nitrogens with one attached hydrogen (secondary N) is 1. The zero-order valence-corrected chi connectivity index (χ0v) is 14.3. The van der Waals surface area contributed by atoms with E-state index in [9.17, 15) is 9.59 Å². The second-order valence-electron chi connectivity index (χ2n) is 5.61. The highest BCUT2D eigenvalue weighted by molar-refractivity contribution is 6.31. The van der Waals surface area contributed by atoms with E-state index in [0.29, 0.717) is 28.7 Å². The van der Waals surface area contributed by atoms with Crippen LogP contribution in [0.4, 0.5) is 0 Å². The second kappa shape index (κ2) is 7.24. The molecule has 4 nitrogen and oxygen atoms in total. The second-order valence-corrected chi connectivity index (χ2v) is 6.45. The van der Waals surface area contributed by atoms with E-state index in [1.807, 2.05) is 18.2 Å². The van der Waals surface area contributed by atoms with E-state index in [4.69, 9.17) is 23.2 Å². The number of piperazine rings is 1. The number of rotatable bonds is 3. The van der Waals surface area contributed by atoms with Crippen LogP contribution in [-0.2, 0) is 16.0 Å². The van der Waals surface area contributed by atoms with Gasteiger partial charge in [0, 0.05) is 28.7 Å². The summed E-state index contributed by atoms with van der Waals surface area (Å²) >= 11 is 12.1. The molecule has 1 unspecified atom stereocenters. The van der Waals surface area contributed by atoms with Crippen LogP contribution in [0.1, 0.15) is 17.2 Å². The largest absolute Gasteiger partial charge is 0.352 e. The highest BCUT2D eigenvalue weighted by Gasteiger charge is 2.35. The molecule has 2 aromatic rings. The van der Waals surface area contributed by atoms with E-state index >= 15 is 0 Å². The molecule has 0 radical (unpaired) electrons. The molecule has 0 bridgehead atoms. The van der Waals surface area contributed by atoms with Gasteiger partial charge in [-0.2, -0.15) is 0 Å². The molecule has 0 aromatic heterocycles. The molecule has 24 heavy (non-hydrogen) atoms. The minimum absolute atomic E-state index is 0.114. The van der Waals surface area contributed by atoms with Crippen molar-refractivity contribution >= 4 is 35.0 Å². The van der Waals surface area contributed by atoms with Gasteiger partial charge in [-0.15, -0.1) is 0 Å². The lowest BCUT2D eigenvalue weighted by Crippen LogP contribution is -2.52. The zero-order valence-electron chi connectivity index (χ0n) is 12.8. The Morgan fingerprint density at radius 3 is 2.54 bits per heavy atom. The van der Waals surface area contributed by atoms with Crippen LogP contribution < -0.4 is 5.32 Å². The molecule has 3 rings (SSSR count). The molecule has 124 valence electrons. The maximum Gasteiger partial charge on any atom is 0.247 e. The van der Waals surface area contributed by atoms with Crippen molar-refractivity contribution < 1.29 is 9.59 Å². The van der Waals surface area contributed by atoms with E-state index < -0.39 is 6.04 Å². The van der Waals surface area contributed by atoms with Crippen molar-refractivity contribution in [3.05, 3.63) is 69.7 Å². The Kier molecular flexibility index (Phi) is 5.07. The van der Waals surface area contributed by atoms with Gasteiger partial charge in [0.2, 0.25) is 11.8 Å². The monoisotopic (exact) mass is 362 g/mol. The quantitative estimate of drug-likeness (QED) is 0.910. The number of carbonyl (C=O) groups is 2. The maximum atomic E-state index is 12.8. The minimum atomic E-state index is -0.702. The molecule has 6 heteroatoms. The first-order valence-electron chi connectivity index (χ1n) is 7.62. The summed E-state index contributed by atoms with van der Waals surface area (Å²) in [6.45, 7) is 0.889. The van der Waals surface area contributed by atoms with Crippen molar-refractivity contribution in [1.82, 2.24) is 10.2 Å². The lowest BCUT2D eigenvalue weighted by molar-refractivity contribution is -0.143. The number of amides is 2. The van der Waals surface area contributed by atoms with Crippen LogP contribution in [0.3, 0.4) is 0 Å². The summed E-state index contributed by atoms with van der Waals surface area (Å²) in [6, 6.07) is 13.5. The van der Waals surface area contributed by atoms with Gasteiger partial charge in [0.1, 0.15) is 6.04 Å². The number of halogens is 2. The molecule has 1 N–H and O–H groups in total. The summed E-state index contributed by atoms with van der Waals surface area (Å²) in [7, 11) is 0. The van der Waals surface area contributed by atoms with Crippen molar-refractivity contribution in [3.63, 3.8) is 0 Å². The Morgan fingerprint density at radius 1 is 1.12 bits per heavy atom. The molecule has 1 atom stereocenters. The van der Waals surface area contributed by atoms with Gasteiger partial charge in [-0.25, -0.2) is 0 Å². The number of hydrogen-bond acceptors (Lipinski definition) is 2. The smallest absolute Gasteiger partial charge is 0.247 e. The van der Waals surface area contributed by atoms with Gasteiger partial charge in [0.15, 0.2) is 0 Å². The average molecular weight is 363 g/mol. The molecule has 1 saturated heterocycles. The van der Waals surface area contributed by atoms with Gasteiger partial charge >= 0.3 is 0 Å². The number of carbonyl (C=O) groups excluding carboxylic acids is 2. The maximum absolute atomic E-state index is 12.8. The van der Waals surface area contributed by atoms with Crippen LogP contribution in [0.15, 0.2) is 48.5 Å². The lowest BCUT2D eigenvalue weighted by atomic mass is 10.0. The molecule has 2 amide bonds. The Hall–Kier alpha value is -2.04. The van der Waals surface area contributed by atoms with Crippen LogP contribution in [0, 0.1) is 0 Å². The van der Waals surface area contributed by atoms with Crippen molar-refractivity contribution in [2.75, 3.05) is 13.1 Å². The first-order valence-corrected chi connectivity index (χ1v) is 8.38. The molecular formula is C18H16Cl2N2O2. The van der Waals surface area contributed by atoms with Gasteiger partial charge in [0.05, 0.1) is 6.42 Å². The third-order valence-corrected chi connectivity index (χ3v) is 4.60. The fourth-order valence-electron chi connectivity index (χ4n) is 2.82. The Labute approximate surface area is 150 Å². The standard InChI is InChI=1S/C18H16Cl2N2O2/c19-13-7-5-12(6-8-13)11-16(23)22-10-9-21-18(24)17(22)14-3-1-2-4-15(14)20/h1-8,17H,9-11H2,(H,21,24). The summed E-state index contributed by atoms with van der Waals surface area (Å²) in [6.07, 6.45) is 0.214. The average Bonchev–Trinajstić information content (AvgIpc) is 2.57. The van der Waals surface area contributed by atoms with E-state index in [-0.39, 0.29) is 18.2 Å². The van der Waals surface area contributed by atoms with Crippen LogP contribution in [-0.4, -0.2) is 29.8 Å². The summed E-state index contributed by atoms with van der Waals surface area (Å²) in [5.41, 5.74) is 1.49.